The van der Waals surface area contributed by atoms with Gasteiger partial charge in [-0.2, -0.15) is 0 Å². The Bertz CT molecular complexity index is 1280. The normalized spacial score (nSPS) is 14.0. The molecule has 2 aromatic carbocycles. The molecule has 188 valence electrons. The van der Waals surface area contributed by atoms with Crippen molar-refractivity contribution in [2.24, 2.45) is 5.73 Å². The number of aryl methyl sites for hydroxylation is 1. The number of hydrogen-bond donors (Lipinski definition) is 2. The maximum Gasteiger partial charge on any atom is 0.321 e. The Balaban J connectivity index is 1.41. The number of rotatable bonds is 7. The van der Waals surface area contributed by atoms with Crippen molar-refractivity contribution in [2.45, 2.75) is 20.4 Å². The third kappa shape index (κ3) is 5.63. The number of benzene rings is 2. The fourth-order valence-corrected chi connectivity index (χ4v) is 4.36. The molecule has 0 radical (unpaired) electrons. The van der Waals surface area contributed by atoms with Gasteiger partial charge in [-0.1, -0.05) is 35.9 Å². The Morgan fingerprint density at radius 2 is 1.64 bits per heavy atom. The molecule has 8 nitrogen and oxygen atoms in total. The average molecular weight is 492 g/mol. The minimum Gasteiger partial charge on any atom is -0.366 e. The van der Waals surface area contributed by atoms with E-state index in [4.69, 9.17) is 5.73 Å². The number of anilines is 1. The molecule has 0 bridgehead atoms. The van der Waals surface area contributed by atoms with E-state index in [0.717, 1.165) is 11.3 Å². The molecule has 1 saturated heterocycles. The fourth-order valence-electron chi connectivity index (χ4n) is 4.36. The van der Waals surface area contributed by atoms with Gasteiger partial charge in [-0.3, -0.25) is 14.5 Å². The predicted octanol–water partition coefficient (Wildman–Crippen LogP) is 3.42. The first-order valence-corrected chi connectivity index (χ1v) is 11.8. The quantitative estimate of drug-likeness (QED) is 0.495. The molecule has 2 heterocycles. The van der Waals surface area contributed by atoms with E-state index in [2.05, 4.69) is 5.32 Å². The summed E-state index contributed by atoms with van der Waals surface area (Å²) in [7, 11) is 0. The van der Waals surface area contributed by atoms with Gasteiger partial charge in [0.1, 0.15) is 5.82 Å². The van der Waals surface area contributed by atoms with Crippen molar-refractivity contribution < 1.29 is 18.8 Å². The van der Waals surface area contributed by atoms with Gasteiger partial charge >= 0.3 is 6.03 Å². The number of carbonyl (C=O) groups is 3. The number of ketones is 1. The first-order valence-electron chi connectivity index (χ1n) is 11.8. The van der Waals surface area contributed by atoms with Crippen LogP contribution < -0.4 is 11.1 Å². The Labute approximate surface area is 209 Å². The number of nitrogens with two attached hydrogens (primary N) is 1. The van der Waals surface area contributed by atoms with Crippen LogP contribution in [0.15, 0.2) is 54.6 Å². The number of halogens is 1. The first kappa shape index (κ1) is 25.1. The SMILES string of the molecule is Cc1ccc(NC(=O)N2CCN(CC(=O)c3cc(C(N)=O)c(C)n3Cc3ccccc3F)CC2)cc1. The van der Waals surface area contributed by atoms with Crippen LogP contribution in [-0.2, 0) is 6.54 Å². The summed E-state index contributed by atoms with van der Waals surface area (Å²) in [4.78, 5) is 41.5. The van der Waals surface area contributed by atoms with Crippen LogP contribution >= 0.6 is 0 Å². The number of hydrogen-bond acceptors (Lipinski definition) is 4. The molecule has 0 unspecified atom stereocenters. The van der Waals surface area contributed by atoms with E-state index in [1.807, 2.05) is 36.1 Å². The van der Waals surface area contributed by atoms with Gasteiger partial charge < -0.3 is 20.5 Å². The summed E-state index contributed by atoms with van der Waals surface area (Å²) in [5, 5.41) is 2.90. The summed E-state index contributed by atoms with van der Waals surface area (Å²) >= 11 is 0. The highest BCUT2D eigenvalue weighted by atomic mass is 19.1. The second-order valence-electron chi connectivity index (χ2n) is 9.05. The van der Waals surface area contributed by atoms with Crippen LogP contribution in [0.1, 0.15) is 37.7 Å². The van der Waals surface area contributed by atoms with Gasteiger partial charge in [0.05, 0.1) is 24.3 Å². The van der Waals surface area contributed by atoms with Crippen molar-refractivity contribution in [3.8, 4) is 0 Å². The molecular weight excluding hydrogens is 461 g/mol. The molecule has 3 N–H and O–H groups in total. The zero-order valence-electron chi connectivity index (χ0n) is 20.5. The van der Waals surface area contributed by atoms with Crippen molar-refractivity contribution in [3.63, 3.8) is 0 Å². The molecule has 4 rings (SSSR count). The number of primary amides is 1. The lowest BCUT2D eigenvalue weighted by atomic mass is 10.2. The molecule has 1 aromatic heterocycles. The lowest BCUT2D eigenvalue weighted by molar-refractivity contribution is 0.0874. The molecule has 1 fully saturated rings. The molecule has 1 aliphatic heterocycles. The predicted molar refractivity (Wildman–Crippen MR) is 136 cm³/mol. The molecule has 36 heavy (non-hydrogen) atoms. The first-order chi connectivity index (χ1) is 17.2. The molecule has 3 amide bonds. The highest BCUT2D eigenvalue weighted by molar-refractivity contribution is 6.01. The maximum atomic E-state index is 14.3. The van der Waals surface area contributed by atoms with E-state index in [1.54, 1.807) is 34.6 Å². The molecular formula is C27H30FN5O3. The number of carbonyl (C=O) groups excluding carboxylic acids is 3. The van der Waals surface area contributed by atoms with Crippen LogP contribution in [0.4, 0.5) is 14.9 Å². The van der Waals surface area contributed by atoms with E-state index < -0.39 is 5.91 Å². The second-order valence-corrected chi connectivity index (χ2v) is 9.05. The highest BCUT2D eigenvalue weighted by Crippen LogP contribution is 2.20. The maximum absolute atomic E-state index is 14.3. The Kier molecular flexibility index (Phi) is 7.49. The van der Waals surface area contributed by atoms with Crippen LogP contribution in [0.5, 0.6) is 0 Å². The van der Waals surface area contributed by atoms with Crippen LogP contribution in [0.25, 0.3) is 0 Å². The second kappa shape index (κ2) is 10.7. The van der Waals surface area contributed by atoms with Crippen molar-refractivity contribution in [1.82, 2.24) is 14.4 Å². The molecule has 1 aliphatic rings. The third-order valence-electron chi connectivity index (χ3n) is 6.53. The zero-order valence-corrected chi connectivity index (χ0v) is 20.5. The van der Waals surface area contributed by atoms with Crippen LogP contribution in [0.2, 0.25) is 0 Å². The standard InChI is InChI=1S/C27H30FN5O3/c1-18-7-9-21(10-8-18)30-27(36)32-13-11-31(12-14-32)17-25(34)24-15-22(26(29)35)19(2)33(24)16-20-5-3-4-6-23(20)28/h3-10,15H,11-14,16-17H2,1-2H3,(H2,29,35)(H,30,36). The van der Waals surface area contributed by atoms with Gasteiger partial charge in [0.2, 0.25) is 0 Å². The largest absolute Gasteiger partial charge is 0.366 e. The third-order valence-corrected chi connectivity index (χ3v) is 6.53. The number of nitrogens with zero attached hydrogens (tertiary/aromatic N) is 3. The smallest absolute Gasteiger partial charge is 0.321 e. The summed E-state index contributed by atoms with van der Waals surface area (Å²) in [6.07, 6.45) is 0. The van der Waals surface area contributed by atoms with E-state index in [1.165, 1.54) is 12.1 Å². The van der Waals surface area contributed by atoms with E-state index in [0.29, 0.717) is 43.1 Å². The minimum atomic E-state index is -0.637. The summed E-state index contributed by atoms with van der Waals surface area (Å²) in [5.41, 5.74) is 8.85. The Morgan fingerprint density at radius 3 is 2.28 bits per heavy atom. The summed E-state index contributed by atoms with van der Waals surface area (Å²) in [5.74, 6) is -1.22. The van der Waals surface area contributed by atoms with Crippen LogP contribution in [0.3, 0.4) is 0 Å². The van der Waals surface area contributed by atoms with Gasteiger partial charge in [-0.25, -0.2) is 9.18 Å². The van der Waals surface area contributed by atoms with E-state index in [-0.39, 0.29) is 36.3 Å². The monoisotopic (exact) mass is 491 g/mol. The highest BCUT2D eigenvalue weighted by Gasteiger charge is 2.26. The summed E-state index contributed by atoms with van der Waals surface area (Å²) in [6.45, 7) is 5.93. The van der Waals surface area contributed by atoms with Crippen molar-refractivity contribution in [3.05, 3.63) is 88.5 Å². The minimum absolute atomic E-state index is 0.111. The number of amides is 3. The van der Waals surface area contributed by atoms with Crippen molar-refractivity contribution in [1.29, 1.82) is 0 Å². The summed E-state index contributed by atoms with van der Waals surface area (Å²) < 4.78 is 15.9. The number of urea groups is 1. The van der Waals surface area contributed by atoms with Gasteiger partial charge in [-0.15, -0.1) is 0 Å². The topological polar surface area (TPSA) is 101 Å². The van der Waals surface area contributed by atoms with Gasteiger partial charge in [-0.05, 0) is 38.1 Å². The lowest BCUT2D eigenvalue weighted by Crippen LogP contribution is -2.51. The van der Waals surface area contributed by atoms with E-state index in [9.17, 15) is 18.8 Å². The molecule has 0 saturated carbocycles. The van der Waals surface area contributed by atoms with Crippen LogP contribution in [-0.4, -0.2) is 64.8 Å². The average Bonchev–Trinajstić information content (AvgIpc) is 3.18. The zero-order chi connectivity index (χ0) is 25.8. The summed E-state index contributed by atoms with van der Waals surface area (Å²) in [6, 6.07) is 15.2. The Morgan fingerprint density at radius 1 is 0.972 bits per heavy atom. The van der Waals surface area contributed by atoms with Gasteiger partial charge in [0.25, 0.3) is 5.91 Å². The number of piperazine rings is 1. The molecule has 0 atom stereocenters. The molecule has 0 spiro atoms. The van der Waals surface area contributed by atoms with Gasteiger partial charge in [0.15, 0.2) is 5.78 Å². The molecule has 9 heteroatoms. The lowest BCUT2D eigenvalue weighted by Gasteiger charge is -2.34. The van der Waals surface area contributed by atoms with E-state index >= 15 is 0 Å². The molecule has 0 aliphatic carbocycles. The van der Waals surface area contributed by atoms with Gasteiger partial charge in [0, 0.05) is 43.1 Å². The molecule has 3 aromatic rings. The number of nitrogens with one attached hydrogen (secondary N) is 1. The number of aromatic nitrogens is 1. The van der Waals surface area contributed by atoms with Crippen molar-refractivity contribution >= 4 is 23.4 Å². The van der Waals surface area contributed by atoms with Crippen LogP contribution in [0, 0.1) is 19.7 Å². The fraction of sp³-hybridized carbons (Fsp3) is 0.296. The number of Topliss-reactive ketones (excluding diaryl/α,β-unsaturated/α-hetero) is 1. The van der Waals surface area contributed by atoms with Crippen molar-refractivity contribution in [2.75, 3.05) is 38.0 Å². The Hall–Kier alpha value is -3.98.